The Hall–Kier alpha value is -2.02. The molecule has 3 rings (SSSR count). The Morgan fingerprint density at radius 3 is 2.48 bits per heavy atom. The molecule has 0 aliphatic carbocycles. The van der Waals surface area contributed by atoms with E-state index in [1.165, 1.54) is 16.7 Å². The maximum absolute atomic E-state index is 12.8. The number of carbonyl (C=O) groups is 1. The van der Waals surface area contributed by atoms with Crippen molar-refractivity contribution in [2.75, 3.05) is 19.1 Å². The predicted octanol–water partition coefficient (Wildman–Crippen LogP) is 4.76. The van der Waals surface area contributed by atoms with Crippen molar-refractivity contribution >= 4 is 57.6 Å². The summed E-state index contributed by atoms with van der Waals surface area (Å²) in [5, 5.41) is 0.604. The van der Waals surface area contributed by atoms with E-state index in [2.05, 4.69) is 0 Å². The van der Waals surface area contributed by atoms with Gasteiger partial charge in [-0.2, -0.15) is 0 Å². The van der Waals surface area contributed by atoms with Crippen molar-refractivity contribution in [2.45, 2.75) is 0 Å². The second-order valence-electron chi connectivity index (χ2n) is 5.10. The molecule has 1 saturated heterocycles. The number of benzene rings is 2. The Morgan fingerprint density at radius 2 is 1.84 bits per heavy atom. The zero-order valence-electron chi connectivity index (χ0n) is 13.5. The van der Waals surface area contributed by atoms with Crippen LogP contribution in [0.2, 0.25) is 5.02 Å². The number of hydrogen-bond donors (Lipinski definition) is 0. The van der Waals surface area contributed by atoms with Crippen molar-refractivity contribution < 1.29 is 14.3 Å². The van der Waals surface area contributed by atoms with E-state index in [1.54, 1.807) is 50.6 Å². The molecule has 0 saturated carbocycles. The minimum Gasteiger partial charge on any atom is -0.497 e. The van der Waals surface area contributed by atoms with E-state index in [0.717, 1.165) is 5.56 Å². The fourth-order valence-electron chi connectivity index (χ4n) is 2.36. The third-order valence-electron chi connectivity index (χ3n) is 3.61. The van der Waals surface area contributed by atoms with E-state index in [9.17, 15) is 4.79 Å². The number of rotatable bonds is 4. The number of ether oxygens (including phenoxy) is 2. The molecule has 1 heterocycles. The Bertz CT molecular complexity index is 865. The van der Waals surface area contributed by atoms with Gasteiger partial charge in [-0.25, -0.2) is 0 Å². The Labute approximate surface area is 160 Å². The number of halogens is 1. The number of amides is 1. The minimum atomic E-state index is -0.171. The number of nitrogens with zero attached hydrogens (tertiary/aromatic N) is 1. The summed E-state index contributed by atoms with van der Waals surface area (Å²) in [7, 11) is 3.16. The molecule has 1 amide bonds. The lowest BCUT2D eigenvalue weighted by atomic mass is 10.1. The van der Waals surface area contributed by atoms with Crippen LogP contribution in [-0.2, 0) is 4.79 Å². The molecule has 0 aromatic heterocycles. The van der Waals surface area contributed by atoms with Gasteiger partial charge in [-0.15, -0.1) is 0 Å². The van der Waals surface area contributed by atoms with E-state index in [-0.39, 0.29) is 5.91 Å². The Morgan fingerprint density at radius 1 is 1.12 bits per heavy atom. The molecule has 0 radical (unpaired) electrons. The third kappa shape index (κ3) is 3.66. The van der Waals surface area contributed by atoms with Gasteiger partial charge < -0.3 is 9.47 Å². The fourth-order valence-corrected chi connectivity index (χ4v) is 3.78. The van der Waals surface area contributed by atoms with Gasteiger partial charge in [-0.3, -0.25) is 9.69 Å². The molecular weight excluding hydrogens is 378 g/mol. The lowest BCUT2D eigenvalue weighted by molar-refractivity contribution is -0.113. The van der Waals surface area contributed by atoms with Gasteiger partial charge in [0, 0.05) is 16.7 Å². The molecule has 0 unspecified atom stereocenters. The summed E-state index contributed by atoms with van der Waals surface area (Å²) in [5.74, 6) is 1.13. The molecule has 0 bridgehead atoms. The number of methoxy groups -OCH3 is 2. The fraction of sp³-hybridized carbons (Fsp3) is 0.111. The molecule has 4 nitrogen and oxygen atoms in total. The Balaban J connectivity index is 1.94. The highest BCUT2D eigenvalue weighted by molar-refractivity contribution is 8.27. The summed E-state index contributed by atoms with van der Waals surface area (Å²) in [5.41, 5.74) is 1.47. The largest absolute Gasteiger partial charge is 0.497 e. The predicted molar refractivity (Wildman–Crippen MR) is 107 cm³/mol. The van der Waals surface area contributed by atoms with Crippen molar-refractivity contribution in [1.82, 2.24) is 0 Å². The number of anilines is 1. The number of thioether (sulfide) groups is 1. The van der Waals surface area contributed by atoms with Gasteiger partial charge in [0.25, 0.3) is 5.91 Å². The first-order valence-electron chi connectivity index (χ1n) is 7.29. The molecule has 2 aromatic rings. The zero-order chi connectivity index (χ0) is 18.0. The van der Waals surface area contributed by atoms with Crippen molar-refractivity contribution in [3.63, 3.8) is 0 Å². The molecule has 0 spiro atoms. The summed E-state index contributed by atoms with van der Waals surface area (Å²) in [6.07, 6.45) is 1.77. The van der Waals surface area contributed by atoms with Crippen molar-refractivity contribution in [3.05, 3.63) is 58.0 Å². The molecule has 25 heavy (non-hydrogen) atoms. The van der Waals surface area contributed by atoms with Crippen LogP contribution in [0, 0.1) is 0 Å². The van der Waals surface area contributed by atoms with Gasteiger partial charge in [-0.1, -0.05) is 35.6 Å². The van der Waals surface area contributed by atoms with E-state index in [1.807, 2.05) is 12.1 Å². The maximum Gasteiger partial charge on any atom is 0.270 e. The molecular formula is C18H14ClNO3S2. The highest BCUT2D eigenvalue weighted by atomic mass is 35.5. The standard InChI is InChI=1S/C18H14ClNO3S2/c1-22-14-8-3-11(15(10-14)23-2)9-16-17(21)20(18(24)25-16)13-6-4-12(19)5-7-13/h3-10H,1-2H3/b16-9+. The molecule has 1 fully saturated rings. The van der Waals surface area contributed by atoms with Crippen molar-refractivity contribution in [2.24, 2.45) is 0 Å². The Kier molecular flexibility index (Phi) is 5.32. The first-order chi connectivity index (χ1) is 12.0. The average Bonchev–Trinajstić information content (AvgIpc) is 2.90. The number of carbonyl (C=O) groups excluding carboxylic acids is 1. The maximum atomic E-state index is 12.8. The zero-order valence-corrected chi connectivity index (χ0v) is 15.9. The van der Waals surface area contributed by atoms with Gasteiger partial charge in [0.15, 0.2) is 4.32 Å². The van der Waals surface area contributed by atoms with Gasteiger partial charge in [0.2, 0.25) is 0 Å². The lowest BCUT2D eigenvalue weighted by Crippen LogP contribution is -2.27. The van der Waals surface area contributed by atoms with Crippen LogP contribution in [0.15, 0.2) is 47.4 Å². The third-order valence-corrected chi connectivity index (χ3v) is 5.16. The average molecular weight is 392 g/mol. The first-order valence-corrected chi connectivity index (χ1v) is 8.89. The molecule has 0 atom stereocenters. The molecule has 7 heteroatoms. The monoisotopic (exact) mass is 391 g/mol. The van der Waals surface area contributed by atoms with Crippen LogP contribution in [0.5, 0.6) is 11.5 Å². The van der Waals surface area contributed by atoms with Gasteiger partial charge in [-0.05, 0) is 42.5 Å². The van der Waals surface area contributed by atoms with Crippen LogP contribution in [0.4, 0.5) is 5.69 Å². The summed E-state index contributed by atoms with van der Waals surface area (Å²) in [6, 6.07) is 12.4. The molecule has 0 N–H and O–H groups in total. The van der Waals surface area contributed by atoms with E-state index < -0.39 is 0 Å². The van der Waals surface area contributed by atoms with Crippen LogP contribution in [0.3, 0.4) is 0 Å². The first kappa shape index (κ1) is 17.8. The van der Waals surface area contributed by atoms with Crippen molar-refractivity contribution in [1.29, 1.82) is 0 Å². The molecule has 1 aliphatic heterocycles. The highest BCUT2D eigenvalue weighted by Crippen LogP contribution is 2.37. The smallest absolute Gasteiger partial charge is 0.270 e. The molecule has 128 valence electrons. The quantitative estimate of drug-likeness (QED) is 0.554. The summed E-state index contributed by atoms with van der Waals surface area (Å²) in [4.78, 5) is 14.8. The van der Waals surface area contributed by atoms with Crippen LogP contribution in [0.1, 0.15) is 5.56 Å². The van der Waals surface area contributed by atoms with Crippen LogP contribution >= 0.6 is 35.6 Å². The van der Waals surface area contributed by atoms with Gasteiger partial charge in [0.1, 0.15) is 11.5 Å². The summed E-state index contributed by atoms with van der Waals surface area (Å²) < 4.78 is 11.0. The van der Waals surface area contributed by atoms with Gasteiger partial charge in [0.05, 0.1) is 24.8 Å². The molecule has 2 aromatic carbocycles. The summed E-state index contributed by atoms with van der Waals surface area (Å²) >= 11 is 12.5. The van der Waals surface area contributed by atoms with Gasteiger partial charge >= 0.3 is 0 Å². The highest BCUT2D eigenvalue weighted by Gasteiger charge is 2.33. The molecule has 1 aliphatic rings. The lowest BCUT2D eigenvalue weighted by Gasteiger charge is -2.14. The second-order valence-corrected chi connectivity index (χ2v) is 7.21. The van der Waals surface area contributed by atoms with E-state index in [0.29, 0.717) is 31.4 Å². The normalized spacial score (nSPS) is 15.8. The number of hydrogen-bond acceptors (Lipinski definition) is 5. The topological polar surface area (TPSA) is 38.8 Å². The minimum absolute atomic E-state index is 0.171. The van der Waals surface area contributed by atoms with Crippen molar-refractivity contribution in [3.8, 4) is 11.5 Å². The second kappa shape index (κ2) is 7.47. The van der Waals surface area contributed by atoms with E-state index in [4.69, 9.17) is 33.3 Å². The van der Waals surface area contributed by atoms with Crippen LogP contribution in [0.25, 0.3) is 6.08 Å². The SMILES string of the molecule is COc1ccc(/C=C2/SC(=S)N(c3ccc(Cl)cc3)C2=O)c(OC)c1. The number of thiocarbonyl (C=S) groups is 1. The van der Waals surface area contributed by atoms with Crippen LogP contribution in [-0.4, -0.2) is 24.4 Å². The van der Waals surface area contributed by atoms with Crippen LogP contribution < -0.4 is 14.4 Å². The van der Waals surface area contributed by atoms with E-state index >= 15 is 0 Å². The summed E-state index contributed by atoms with van der Waals surface area (Å²) in [6.45, 7) is 0.